The Kier molecular flexibility index (Phi) is 11.6. The molecule has 0 heterocycles. The molecule has 1 aromatic rings. The molecule has 20 heavy (non-hydrogen) atoms. The summed E-state index contributed by atoms with van der Waals surface area (Å²) in [6.07, 6.45) is 7.99. The van der Waals surface area contributed by atoms with Crippen LogP contribution in [-0.4, -0.2) is 19.0 Å². The second kappa shape index (κ2) is 10.2. The SMILES string of the molecule is CN(C)[C](C)([Zr+3][C]1=CC=CC1)c1ccccc1.[Cl-].[Cl-].[Cl-]. The van der Waals surface area contributed by atoms with Crippen molar-refractivity contribution in [2.24, 2.45) is 0 Å². The van der Waals surface area contributed by atoms with Crippen molar-refractivity contribution in [1.29, 1.82) is 0 Å². The van der Waals surface area contributed by atoms with Crippen LogP contribution in [0.15, 0.2) is 51.8 Å². The first-order valence-corrected chi connectivity index (χ1v) is 8.45. The van der Waals surface area contributed by atoms with E-state index in [9.17, 15) is 0 Å². The predicted molar refractivity (Wildman–Crippen MR) is 69.3 cm³/mol. The molecule has 0 bridgehead atoms. The van der Waals surface area contributed by atoms with Crippen molar-refractivity contribution < 1.29 is 60.5 Å². The molecule has 1 aliphatic carbocycles. The molecule has 1 aliphatic rings. The van der Waals surface area contributed by atoms with Gasteiger partial charge in [0.15, 0.2) is 0 Å². The van der Waals surface area contributed by atoms with Crippen LogP contribution < -0.4 is 37.2 Å². The van der Waals surface area contributed by atoms with Crippen molar-refractivity contribution in [2.45, 2.75) is 16.6 Å². The summed E-state index contributed by atoms with van der Waals surface area (Å²) in [4.78, 5) is 2.40. The Labute approximate surface area is 152 Å². The standard InChI is InChI=1S/C10H14N.C5H5.3ClH.Zr/c1-9(11(2)3)10-7-5-4-6-8-10;1-2-4-5-3-1;;;;/h4-8H,1-3H3;1-3H,4H2;3*1H;/q;;;;;+3/p-3. The molecule has 1 nitrogen and oxygen atoms in total. The van der Waals surface area contributed by atoms with Crippen LogP contribution in [0.2, 0.25) is 0 Å². The molecule has 0 amide bonds. The van der Waals surface area contributed by atoms with Crippen molar-refractivity contribution in [1.82, 2.24) is 4.90 Å². The average Bonchev–Trinajstić information content (AvgIpc) is 2.82. The molecule has 0 N–H and O–H groups in total. The van der Waals surface area contributed by atoms with Crippen molar-refractivity contribution in [3.8, 4) is 0 Å². The molecule has 0 saturated heterocycles. The molecule has 1 aromatic carbocycles. The second-order valence-electron chi connectivity index (χ2n) is 4.78. The van der Waals surface area contributed by atoms with Gasteiger partial charge in [-0.15, -0.1) is 0 Å². The van der Waals surface area contributed by atoms with Crippen LogP contribution in [0.25, 0.3) is 0 Å². The van der Waals surface area contributed by atoms with Gasteiger partial charge in [-0.1, -0.05) is 0 Å². The summed E-state index contributed by atoms with van der Waals surface area (Å²) in [5, 5.41) is 0. The zero-order valence-electron chi connectivity index (χ0n) is 11.9. The molecule has 109 valence electrons. The van der Waals surface area contributed by atoms with Crippen LogP contribution in [-0.2, 0) is 26.5 Å². The minimum atomic E-state index is -0.632. The third-order valence-corrected chi connectivity index (χ3v) is 8.11. The Morgan fingerprint density at radius 2 is 1.65 bits per heavy atom. The zero-order valence-corrected chi connectivity index (χ0v) is 16.6. The largest absolute Gasteiger partial charge is 1.00 e. The minimum Gasteiger partial charge on any atom is -1.00 e. The van der Waals surface area contributed by atoms with Gasteiger partial charge in [0, 0.05) is 0 Å². The van der Waals surface area contributed by atoms with E-state index in [-0.39, 0.29) is 40.5 Å². The van der Waals surface area contributed by atoms with Crippen molar-refractivity contribution in [3.05, 3.63) is 57.4 Å². The van der Waals surface area contributed by atoms with Gasteiger partial charge in [0.1, 0.15) is 0 Å². The van der Waals surface area contributed by atoms with Gasteiger partial charge in [0.2, 0.25) is 0 Å². The Balaban J connectivity index is 0. The first kappa shape index (κ1) is 22.7. The van der Waals surface area contributed by atoms with Crippen LogP contribution in [0.1, 0.15) is 18.9 Å². The van der Waals surface area contributed by atoms with E-state index in [4.69, 9.17) is 0 Å². The van der Waals surface area contributed by atoms with Crippen molar-refractivity contribution in [2.75, 3.05) is 14.1 Å². The summed E-state index contributed by atoms with van der Waals surface area (Å²) < 4.78 is 1.94. The Bertz CT molecular complexity index is 446. The Hall–Kier alpha value is 0.413. The maximum absolute atomic E-state index is 2.40. The number of hydrogen-bond donors (Lipinski definition) is 0. The summed E-state index contributed by atoms with van der Waals surface area (Å²) in [6, 6.07) is 10.9. The normalized spacial score (nSPS) is 15.1. The number of rotatable bonds is 4. The van der Waals surface area contributed by atoms with Gasteiger partial charge in [-0.2, -0.15) is 0 Å². The molecule has 0 radical (unpaired) electrons. The predicted octanol–water partition coefficient (Wildman–Crippen LogP) is -5.64. The monoisotopic (exact) mass is 408 g/mol. The molecular weight excluding hydrogens is 392 g/mol. The van der Waals surface area contributed by atoms with Crippen LogP contribution in [0.5, 0.6) is 0 Å². The fourth-order valence-corrected chi connectivity index (χ4v) is 5.89. The van der Waals surface area contributed by atoms with Gasteiger partial charge in [0.25, 0.3) is 0 Å². The first-order valence-electron chi connectivity index (χ1n) is 6.00. The molecule has 0 aromatic heterocycles. The molecule has 1 atom stereocenters. The first-order chi connectivity index (χ1) is 8.13. The quantitative estimate of drug-likeness (QED) is 0.478. The van der Waals surface area contributed by atoms with Crippen LogP contribution in [0, 0.1) is 0 Å². The van der Waals surface area contributed by atoms with Gasteiger partial charge in [-0.25, -0.2) is 0 Å². The molecule has 0 aliphatic heterocycles. The summed E-state index contributed by atoms with van der Waals surface area (Å²) in [5.74, 6) is 0. The van der Waals surface area contributed by atoms with E-state index in [0.29, 0.717) is 0 Å². The molecule has 0 spiro atoms. The fraction of sp³-hybridized carbons (Fsp3) is 0.333. The smallest absolute Gasteiger partial charge is 1.00 e. The minimum absolute atomic E-state index is 0. The van der Waals surface area contributed by atoms with Crippen molar-refractivity contribution in [3.63, 3.8) is 0 Å². The Morgan fingerprint density at radius 3 is 2.10 bits per heavy atom. The topological polar surface area (TPSA) is 3.24 Å². The summed E-state index contributed by atoms with van der Waals surface area (Å²) >= 11 is -0.632. The van der Waals surface area contributed by atoms with Crippen LogP contribution >= 0.6 is 0 Å². The van der Waals surface area contributed by atoms with Gasteiger partial charge in [-0.3, -0.25) is 0 Å². The van der Waals surface area contributed by atoms with E-state index >= 15 is 0 Å². The number of halogens is 3. The number of nitrogens with zero attached hydrogens (tertiary/aromatic N) is 1. The van der Waals surface area contributed by atoms with Crippen LogP contribution in [0.4, 0.5) is 0 Å². The number of benzene rings is 1. The van der Waals surface area contributed by atoms with E-state index < -0.39 is 23.2 Å². The maximum Gasteiger partial charge on any atom is -1.00 e. The molecule has 2 rings (SSSR count). The molecule has 1 unspecified atom stereocenters. The second-order valence-corrected chi connectivity index (χ2v) is 9.37. The van der Waals surface area contributed by atoms with Crippen molar-refractivity contribution >= 4 is 0 Å². The molecule has 0 saturated carbocycles. The third-order valence-electron chi connectivity index (χ3n) is 3.41. The average molecular weight is 411 g/mol. The van der Waals surface area contributed by atoms with Gasteiger partial charge < -0.3 is 37.2 Å². The van der Waals surface area contributed by atoms with E-state index in [1.54, 1.807) is 3.28 Å². The van der Waals surface area contributed by atoms with Gasteiger partial charge in [-0.05, 0) is 0 Å². The molecular formula is C15H19Cl3NZr. The van der Waals surface area contributed by atoms with E-state index in [2.05, 4.69) is 74.5 Å². The molecule has 5 heteroatoms. The third kappa shape index (κ3) is 5.31. The zero-order chi connectivity index (χ0) is 12.3. The van der Waals surface area contributed by atoms with E-state index in [1.165, 1.54) is 12.0 Å². The van der Waals surface area contributed by atoms with E-state index in [0.717, 1.165) is 0 Å². The number of allylic oxidation sites excluding steroid dienone is 4. The summed E-state index contributed by atoms with van der Waals surface area (Å²) in [5.41, 5.74) is 1.46. The Morgan fingerprint density at radius 1 is 1.05 bits per heavy atom. The molecule has 0 fully saturated rings. The fourth-order valence-electron chi connectivity index (χ4n) is 2.06. The van der Waals surface area contributed by atoms with Crippen LogP contribution in [0.3, 0.4) is 0 Å². The van der Waals surface area contributed by atoms with Gasteiger partial charge in [0.05, 0.1) is 0 Å². The van der Waals surface area contributed by atoms with E-state index in [1.807, 2.05) is 0 Å². The maximum atomic E-state index is 2.40. The number of hydrogen-bond acceptors (Lipinski definition) is 1. The summed E-state index contributed by atoms with van der Waals surface area (Å²) in [6.45, 7) is 2.40. The summed E-state index contributed by atoms with van der Waals surface area (Å²) in [7, 11) is 4.41. The van der Waals surface area contributed by atoms with Gasteiger partial charge >= 0.3 is 116 Å².